The Bertz CT molecular complexity index is 492. The molecule has 23 heavy (non-hydrogen) atoms. The van der Waals surface area contributed by atoms with Gasteiger partial charge in [0.05, 0.1) is 12.2 Å². The molecule has 0 N–H and O–H groups in total. The van der Waals surface area contributed by atoms with Crippen molar-refractivity contribution >= 4 is 0 Å². The Morgan fingerprint density at radius 1 is 1.09 bits per heavy atom. The smallest absolute Gasteiger partial charge is 0.416 e. The highest BCUT2D eigenvalue weighted by molar-refractivity contribution is 5.41. The predicted molar refractivity (Wildman–Crippen MR) is 88.9 cm³/mol. The summed E-state index contributed by atoms with van der Waals surface area (Å²) in [6.07, 6.45) is 4.06. The van der Waals surface area contributed by atoms with Gasteiger partial charge in [-0.25, -0.2) is 0 Å². The Kier molecular flexibility index (Phi) is 8.21. The number of ether oxygens (including phenoxy) is 1. The van der Waals surface area contributed by atoms with Crippen molar-refractivity contribution in [2.45, 2.75) is 65.0 Å². The summed E-state index contributed by atoms with van der Waals surface area (Å²) in [5.41, 5.74) is 0.0767. The Hall–Kier alpha value is -1.45. The molecule has 0 aromatic heterocycles. The van der Waals surface area contributed by atoms with Crippen molar-refractivity contribution in [1.29, 1.82) is 0 Å². The lowest BCUT2D eigenvalue weighted by Gasteiger charge is -2.21. The van der Waals surface area contributed by atoms with Gasteiger partial charge in [0.25, 0.3) is 0 Å². The van der Waals surface area contributed by atoms with Gasteiger partial charge in [0, 0.05) is 0 Å². The van der Waals surface area contributed by atoms with Crippen molar-refractivity contribution in [2.75, 3.05) is 6.61 Å². The van der Waals surface area contributed by atoms with Gasteiger partial charge in [0.2, 0.25) is 0 Å². The summed E-state index contributed by atoms with van der Waals surface area (Å²) in [6, 6.07) is 3.85. The van der Waals surface area contributed by atoms with Crippen LogP contribution in [0.2, 0.25) is 0 Å². The van der Waals surface area contributed by atoms with Crippen LogP contribution in [0.15, 0.2) is 30.4 Å². The van der Waals surface area contributed by atoms with Crippen LogP contribution < -0.4 is 4.74 Å². The van der Waals surface area contributed by atoms with Crippen molar-refractivity contribution in [1.82, 2.24) is 0 Å². The minimum atomic E-state index is -4.33. The maximum absolute atomic E-state index is 13.1. The van der Waals surface area contributed by atoms with Gasteiger partial charge < -0.3 is 4.74 Å². The molecule has 0 aliphatic carbocycles. The van der Waals surface area contributed by atoms with E-state index in [-0.39, 0.29) is 5.92 Å². The highest BCUT2D eigenvalue weighted by Crippen LogP contribution is 2.38. The third-order valence-corrected chi connectivity index (χ3v) is 3.70. The van der Waals surface area contributed by atoms with Gasteiger partial charge in [-0.1, -0.05) is 39.3 Å². The average molecular weight is 328 g/mol. The second-order valence-corrected chi connectivity index (χ2v) is 5.70. The van der Waals surface area contributed by atoms with Crippen molar-refractivity contribution in [3.63, 3.8) is 0 Å². The number of hydrogen-bond acceptors (Lipinski definition) is 1. The van der Waals surface area contributed by atoms with E-state index in [1.807, 2.05) is 13.8 Å². The Labute approximate surface area is 137 Å². The number of benzene rings is 1. The molecule has 0 aliphatic heterocycles. The first-order chi connectivity index (χ1) is 10.9. The van der Waals surface area contributed by atoms with E-state index in [2.05, 4.69) is 19.1 Å². The summed E-state index contributed by atoms with van der Waals surface area (Å²) >= 11 is 0. The largest absolute Gasteiger partial charge is 0.493 e. The van der Waals surface area contributed by atoms with E-state index >= 15 is 0 Å². The molecule has 0 aliphatic rings. The summed E-state index contributed by atoms with van der Waals surface area (Å²) in [4.78, 5) is 0. The summed E-state index contributed by atoms with van der Waals surface area (Å²) in [5.74, 6) is 0.639. The molecule has 1 atom stereocenters. The van der Waals surface area contributed by atoms with Crippen LogP contribution in [0, 0.1) is 0 Å². The van der Waals surface area contributed by atoms with Crippen molar-refractivity contribution in [3.8, 4) is 5.75 Å². The molecule has 1 aromatic rings. The minimum Gasteiger partial charge on any atom is -0.493 e. The number of rotatable bonds is 9. The molecule has 0 radical (unpaired) electrons. The van der Waals surface area contributed by atoms with Gasteiger partial charge in [-0.3, -0.25) is 0 Å². The molecule has 0 saturated heterocycles. The fraction of sp³-hybridized carbons (Fsp3) is 0.579. The molecule has 1 rings (SSSR count). The first-order valence-electron chi connectivity index (χ1n) is 8.42. The van der Waals surface area contributed by atoms with E-state index in [0.717, 1.165) is 38.2 Å². The lowest BCUT2D eigenvalue weighted by molar-refractivity contribution is -0.137. The molecule has 0 fully saturated rings. The first-order valence-corrected chi connectivity index (χ1v) is 8.42. The van der Waals surface area contributed by atoms with E-state index in [1.54, 1.807) is 0 Å². The minimum absolute atomic E-state index is 0.0527. The Morgan fingerprint density at radius 2 is 1.83 bits per heavy atom. The summed E-state index contributed by atoms with van der Waals surface area (Å²) in [7, 11) is 0. The number of allylic oxidation sites excluding steroid dienone is 2. The van der Waals surface area contributed by atoms with E-state index < -0.39 is 11.7 Å². The molecule has 0 spiro atoms. The molecule has 0 saturated carbocycles. The van der Waals surface area contributed by atoms with Gasteiger partial charge in [0.1, 0.15) is 5.75 Å². The Morgan fingerprint density at radius 3 is 2.39 bits per heavy atom. The molecule has 130 valence electrons. The third kappa shape index (κ3) is 6.28. The zero-order valence-electron chi connectivity index (χ0n) is 14.2. The third-order valence-electron chi connectivity index (χ3n) is 3.70. The molecular weight excluding hydrogens is 301 g/mol. The predicted octanol–water partition coefficient (Wildman–Crippen LogP) is 6.73. The first kappa shape index (κ1) is 19.6. The quantitative estimate of drug-likeness (QED) is 0.456. The molecule has 4 heteroatoms. The molecule has 1 nitrogen and oxygen atoms in total. The monoisotopic (exact) mass is 328 g/mol. The highest BCUT2D eigenvalue weighted by atomic mass is 19.4. The molecule has 1 aromatic carbocycles. The molecule has 1 unspecified atom stereocenters. The maximum atomic E-state index is 13.1. The summed E-state index contributed by atoms with van der Waals surface area (Å²) in [6.45, 7) is 6.60. The maximum Gasteiger partial charge on any atom is 0.416 e. The fourth-order valence-corrected chi connectivity index (χ4v) is 2.56. The normalized spacial score (nSPS) is 13.5. The molecule has 0 amide bonds. The van der Waals surface area contributed by atoms with Crippen LogP contribution in [0.4, 0.5) is 13.2 Å². The average Bonchev–Trinajstić information content (AvgIpc) is 2.51. The van der Waals surface area contributed by atoms with Crippen LogP contribution in [0.3, 0.4) is 0 Å². The van der Waals surface area contributed by atoms with Gasteiger partial charge in [-0.2, -0.15) is 13.2 Å². The fourth-order valence-electron chi connectivity index (χ4n) is 2.56. The second-order valence-electron chi connectivity index (χ2n) is 5.70. The standard InChI is InChI=1S/C19H27F3O/c1-4-7-8-10-15(9-5-2)17-14-16(19(20,21)22)11-12-18(17)23-13-6-3/h7-8,11-12,14-15H,4-6,9-10,13H2,1-3H3/b8-7-. The van der Waals surface area contributed by atoms with Crippen LogP contribution in [0.5, 0.6) is 5.75 Å². The molecular formula is C19H27F3O. The lowest BCUT2D eigenvalue weighted by Crippen LogP contribution is -2.09. The zero-order chi connectivity index (χ0) is 17.3. The SMILES string of the molecule is CC/C=C\CC(CCC)c1cc(C(F)(F)F)ccc1OCCC. The van der Waals surface area contributed by atoms with E-state index in [9.17, 15) is 13.2 Å². The van der Waals surface area contributed by atoms with Crippen molar-refractivity contribution in [3.05, 3.63) is 41.5 Å². The van der Waals surface area contributed by atoms with E-state index in [4.69, 9.17) is 4.74 Å². The van der Waals surface area contributed by atoms with Crippen LogP contribution in [-0.4, -0.2) is 6.61 Å². The zero-order valence-corrected chi connectivity index (χ0v) is 14.2. The highest BCUT2D eigenvalue weighted by Gasteiger charge is 2.32. The van der Waals surface area contributed by atoms with E-state index in [0.29, 0.717) is 17.9 Å². The van der Waals surface area contributed by atoms with E-state index in [1.165, 1.54) is 12.1 Å². The van der Waals surface area contributed by atoms with Gasteiger partial charge in [-0.05, 0) is 55.4 Å². The van der Waals surface area contributed by atoms with Gasteiger partial charge in [0.15, 0.2) is 0 Å². The Balaban J connectivity index is 3.19. The number of alkyl halides is 3. The van der Waals surface area contributed by atoms with Crippen LogP contribution in [0.1, 0.15) is 69.9 Å². The topological polar surface area (TPSA) is 9.23 Å². The van der Waals surface area contributed by atoms with Gasteiger partial charge in [-0.15, -0.1) is 0 Å². The van der Waals surface area contributed by atoms with Crippen LogP contribution >= 0.6 is 0 Å². The summed E-state index contributed by atoms with van der Waals surface area (Å²) < 4.78 is 44.9. The summed E-state index contributed by atoms with van der Waals surface area (Å²) in [5, 5.41) is 0. The number of hydrogen-bond donors (Lipinski definition) is 0. The van der Waals surface area contributed by atoms with Crippen molar-refractivity contribution < 1.29 is 17.9 Å². The van der Waals surface area contributed by atoms with Crippen LogP contribution in [0.25, 0.3) is 0 Å². The van der Waals surface area contributed by atoms with Crippen molar-refractivity contribution in [2.24, 2.45) is 0 Å². The van der Waals surface area contributed by atoms with Gasteiger partial charge >= 0.3 is 6.18 Å². The number of halogens is 3. The molecule has 0 bridgehead atoms. The lowest BCUT2D eigenvalue weighted by atomic mass is 9.89. The van der Waals surface area contributed by atoms with Crippen LogP contribution in [-0.2, 0) is 6.18 Å². The molecule has 0 heterocycles. The second kappa shape index (κ2) is 9.64.